The van der Waals surface area contributed by atoms with Crippen molar-refractivity contribution in [2.24, 2.45) is 10.7 Å². The van der Waals surface area contributed by atoms with E-state index in [0.717, 1.165) is 12.0 Å². The van der Waals surface area contributed by atoms with Crippen molar-refractivity contribution in [1.29, 1.82) is 0 Å². The highest BCUT2D eigenvalue weighted by Gasteiger charge is 2.02. The van der Waals surface area contributed by atoms with E-state index in [4.69, 9.17) is 5.73 Å². The van der Waals surface area contributed by atoms with Gasteiger partial charge in [0.15, 0.2) is 0 Å². The number of pyridine rings is 1. The van der Waals surface area contributed by atoms with Crippen molar-refractivity contribution in [2.75, 3.05) is 20.1 Å². The van der Waals surface area contributed by atoms with Gasteiger partial charge in [-0.3, -0.25) is 4.98 Å². The van der Waals surface area contributed by atoms with E-state index < -0.39 is 6.03 Å². The van der Waals surface area contributed by atoms with Gasteiger partial charge < -0.3 is 16.0 Å². The molecule has 6 heteroatoms. The number of nitrogens with one attached hydrogen (secondary N) is 1. The Balaban J connectivity index is 2.34. The Labute approximate surface area is 107 Å². The minimum Gasteiger partial charge on any atom is -0.369 e. The summed E-state index contributed by atoms with van der Waals surface area (Å²) in [6.45, 7) is 3.17. The van der Waals surface area contributed by atoms with Crippen LogP contribution in [0.4, 0.5) is 4.79 Å². The molecule has 6 nitrogen and oxygen atoms in total. The van der Waals surface area contributed by atoms with Gasteiger partial charge in [-0.1, -0.05) is 0 Å². The Morgan fingerprint density at radius 3 is 2.78 bits per heavy atom. The maximum atomic E-state index is 11.4. The van der Waals surface area contributed by atoms with E-state index in [1.54, 1.807) is 24.3 Å². The molecule has 0 aromatic carbocycles. The van der Waals surface area contributed by atoms with Gasteiger partial charge in [-0.15, -0.1) is 0 Å². The second-order valence-electron chi connectivity index (χ2n) is 3.82. The molecule has 18 heavy (non-hydrogen) atoms. The molecule has 1 aromatic heterocycles. The van der Waals surface area contributed by atoms with E-state index in [1.807, 2.05) is 19.1 Å². The van der Waals surface area contributed by atoms with Crippen LogP contribution in [0.1, 0.15) is 12.5 Å². The monoisotopic (exact) mass is 249 g/mol. The van der Waals surface area contributed by atoms with Crippen molar-refractivity contribution in [3.8, 4) is 0 Å². The molecule has 3 N–H and O–H groups in total. The molecule has 0 spiro atoms. The zero-order valence-electron chi connectivity index (χ0n) is 10.8. The smallest absolute Gasteiger partial charge is 0.344 e. The maximum absolute atomic E-state index is 11.4. The summed E-state index contributed by atoms with van der Waals surface area (Å²) in [6.07, 6.45) is 4.19. The van der Waals surface area contributed by atoms with E-state index in [9.17, 15) is 4.79 Å². The minimum atomic E-state index is -0.415. The van der Waals surface area contributed by atoms with E-state index >= 15 is 0 Å². The van der Waals surface area contributed by atoms with Crippen LogP contribution in [0.2, 0.25) is 0 Å². The highest BCUT2D eigenvalue weighted by molar-refractivity contribution is 5.91. The number of aliphatic imine (C=N–C) groups is 1. The molecule has 1 aromatic rings. The van der Waals surface area contributed by atoms with Gasteiger partial charge in [-0.2, -0.15) is 4.99 Å². The number of rotatable bonds is 4. The largest absolute Gasteiger partial charge is 0.369 e. The van der Waals surface area contributed by atoms with E-state index in [-0.39, 0.29) is 5.96 Å². The lowest BCUT2D eigenvalue weighted by molar-refractivity contribution is 0.249. The van der Waals surface area contributed by atoms with Crippen LogP contribution in [0.15, 0.2) is 29.5 Å². The van der Waals surface area contributed by atoms with Crippen LogP contribution in [-0.4, -0.2) is 42.0 Å². The molecule has 0 aliphatic heterocycles. The minimum absolute atomic E-state index is 0.221. The normalized spacial score (nSPS) is 11.1. The van der Waals surface area contributed by atoms with Crippen molar-refractivity contribution in [3.05, 3.63) is 30.1 Å². The Kier molecular flexibility index (Phi) is 5.63. The molecule has 1 rings (SSSR count). The number of aromatic nitrogens is 1. The average molecular weight is 249 g/mol. The lowest BCUT2D eigenvalue weighted by Gasteiger charge is -2.14. The van der Waals surface area contributed by atoms with Gasteiger partial charge in [0.1, 0.15) is 0 Å². The highest BCUT2D eigenvalue weighted by Crippen LogP contribution is 1.96. The summed E-state index contributed by atoms with van der Waals surface area (Å²) in [7, 11) is 1.78. The maximum Gasteiger partial charge on any atom is 0.344 e. The van der Waals surface area contributed by atoms with Crippen LogP contribution in [0.3, 0.4) is 0 Å². The molecule has 0 saturated heterocycles. The van der Waals surface area contributed by atoms with Gasteiger partial charge in [0, 0.05) is 32.5 Å². The number of amides is 2. The molecule has 1 heterocycles. The predicted molar refractivity (Wildman–Crippen MR) is 71.3 cm³/mol. The Hall–Kier alpha value is -2.11. The third-order valence-electron chi connectivity index (χ3n) is 2.52. The van der Waals surface area contributed by atoms with Crippen LogP contribution in [0.5, 0.6) is 0 Å². The molecule has 0 aliphatic carbocycles. The standard InChI is InChI=1S/C12H19N5O/c1-3-17(2)11(13)16-12(18)15-9-6-10-4-7-14-8-5-10/h4-5,7-8H,3,6,9H2,1-2H3,(H3,13,15,16,18). The van der Waals surface area contributed by atoms with Crippen LogP contribution in [0, 0.1) is 0 Å². The van der Waals surface area contributed by atoms with E-state index in [2.05, 4.69) is 15.3 Å². The van der Waals surface area contributed by atoms with Crippen molar-refractivity contribution in [3.63, 3.8) is 0 Å². The number of carbonyl (C=O) groups is 1. The Morgan fingerprint density at radius 2 is 2.17 bits per heavy atom. The molecule has 0 fully saturated rings. The SMILES string of the molecule is CCN(C)C(N)=NC(=O)NCCc1ccncc1. The summed E-state index contributed by atoms with van der Waals surface area (Å²) >= 11 is 0. The Morgan fingerprint density at radius 1 is 1.50 bits per heavy atom. The number of nitrogens with two attached hydrogens (primary N) is 1. The lowest BCUT2D eigenvalue weighted by Crippen LogP contribution is -2.36. The molecule has 0 radical (unpaired) electrons. The van der Waals surface area contributed by atoms with Gasteiger partial charge >= 0.3 is 6.03 Å². The molecular weight excluding hydrogens is 230 g/mol. The quantitative estimate of drug-likeness (QED) is 0.604. The molecule has 0 atom stereocenters. The van der Waals surface area contributed by atoms with E-state index in [0.29, 0.717) is 13.1 Å². The number of hydrogen-bond acceptors (Lipinski definition) is 2. The number of nitrogens with zero attached hydrogens (tertiary/aromatic N) is 3. The molecule has 98 valence electrons. The van der Waals surface area contributed by atoms with Crippen LogP contribution in [-0.2, 0) is 6.42 Å². The van der Waals surface area contributed by atoms with Crippen LogP contribution >= 0.6 is 0 Å². The van der Waals surface area contributed by atoms with Crippen molar-refractivity contribution < 1.29 is 4.79 Å². The molecule has 0 aliphatic rings. The summed E-state index contributed by atoms with van der Waals surface area (Å²) in [6, 6.07) is 3.41. The summed E-state index contributed by atoms with van der Waals surface area (Å²) in [5.74, 6) is 0.221. The second-order valence-corrected chi connectivity index (χ2v) is 3.82. The molecule has 0 bridgehead atoms. The first-order valence-corrected chi connectivity index (χ1v) is 5.85. The average Bonchev–Trinajstić information content (AvgIpc) is 2.38. The highest BCUT2D eigenvalue weighted by atomic mass is 16.2. The predicted octanol–water partition coefficient (Wildman–Crippen LogP) is 0.600. The van der Waals surface area contributed by atoms with E-state index in [1.165, 1.54) is 0 Å². The fourth-order valence-corrected chi connectivity index (χ4v) is 1.25. The lowest BCUT2D eigenvalue weighted by atomic mass is 10.2. The molecule has 2 amide bonds. The Bertz CT molecular complexity index is 404. The van der Waals surface area contributed by atoms with Crippen LogP contribution in [0.25, 0.3) is 0 Å². The molecule has 0 unspecified atom stereocenters. The van der Waals surface area contributed by atoms with Crippen molar-refractivity contribution in [1.82, 2.24) is 15.2 Å². The first kappa shape index (κ1) is 14.0. The van der Waals surface area contributed by atoms with Gasteiger partial charge in [-0.25, -0.2) is 4.79 Å². The van der Waals surface area contributed by atoms with Gasteiger partial charge in [-0.05, 0) is 31.0 Å². The van der Waals surface area contributed by atoms with Crippen LogP contribution < -0.4 is 11.1 Å². The number of urea groups is 1. The third kappa shape index (κ3) is 4.82. The number of carbonyl (C=O) groups excluding carboxylic acids is 1. The topological polar surface area (TPSA) is 83.6 Å². The van der Waals surface area contributed by atoms with Gasteiger partial charge in [0.05, 0.1) is 0 Å². The summed E-state index contributed by atoms with van der Waals surface area (Å²) in [5, 5.41) is 2.69. The zero-order valence-corrected chi connectivity index (χ0v) is 10.8. The summed E-state index contributed by atoms with van der Waals surface area (Å²) in [4.78, 5) is 20.8. The zero-order chi connectivity index (χ0) is 13.4. The van der Waals surface area contributed by atoms with Crippen molar-refractivity contribution >= 4 is 12.0 Å². The third-order valence-corrected chi connectivity index (χ3v) is 2.52. The summed E-state index contributed by atoms with van der Waals surface area (Å²) in [5.41, 5.74) is 6.74. The first-order chi connectivity index (χ1) is 8.63. The second kappa shape index (κ2) is 7.26. The number of guanidine groups is 1. The van der Waals surface area contributed by atoms with Gasteiger partial charge in [0.25, 0.3) is 0 Å². The van der Waals surface area contributed by atoms with Crippen molar-refractivity contribution in [2.45, 2.75) is 13.3 Å². The number of hydrogen-bond donors (Lipinski definition) is 2. The molecular formula is C12H19N5O. The fourth-order valence-electron chi connectivity index (χ4n) is 1.25. The van der Waals surface area contributed by atoms with Gasteiger partial charge in [0.2, 0.25) is 5.96 Å². The molecule has 0 saturated carbocycles. The summed E-state index contributed by atoms with van der Waals surface area (Å²) < 4.78 is 0. The fraction of sp³-hybridized carbons (Fsp3) is 0.417. The first-order valence-electron chi connectivity index (χ1n) is 5.85.